The number of fused-ring (bicyclic) bond motifs is 1. The normalized spacial score (nSPS) is 19.4. The Labute approximate surface area is 172 Å². The van der Waals surface area contributed by atoms with Crippen molar-refractivity contribution >= 4 is 30.4 Å². The molecule has 0 aliphatic heterocycles. The summed E-state index contributed by atoms with van der Waals surface area (Å²) in [7, 11) is -4.21. The summed E-state index contributed by atoms with van der Waals surface area (Å²) in [6, 6.07) is 0. The Morgan fingerprint density at radius 1 is 1.34 bits per heavy atom. The van der Waals surface area contributed by atoms with Crippen molar-refractivity contribution in [2.24, 2.45) is 0 Å². The molecule has 2 rings (SSSR count). The van der Waals surface area contributed by atoms with Gasteiger partial charge in [-0.05, 0) is 20.3 Å². The number of nitrogens with zero attached hydrogens (tertiary/aromatic N) is 4. The van der Waals surface area contributed by atoms with Crippen LogP contribution in [0.2, 0.25) is 5.15 Å². The third kappa shape index (κ3) is 5.71. The van der Waals surface area contributed by atoms with Crippen LogP contribution in [0.3, 0.4) is 0 Å². The predicted molar refractivity (Wildman–Crippen MR) is 104 cm³/mol. The Balaban J connectivity index is 2.17. The van der Waals surface area contributed by atoms with Gasteiger partial charge in [-0.2, -0.15) is 0 Å². The van der Waals surface area contributed by atoms with Crippen molar-refractivity contribution in [3.63, 3.8) is 0 Å². The first-order valence-electron chi connectivity index (χ1n) is 8.99. The third-order valence-electron chi connectivity index (χ3n) is 4.60. The molecule has 11 nitrogen and oxygen atoms in total. The van der Waals surface area contributed by atoms with Crippen molar-refractivity contribution in [1.29, 1.82) is 0 Å². The SMILES string of the molecule is CCC(C)(CCO[C@H]([C@H](O)CO)n1cnc2c(Cl)ncnc21)OP(=O)(O)C(C)O. The van der Waals surface area contributed by atoms with Crippen LogP contribution in [-0.4, -0.2) is 70.5 Å². The Morgan fingerprint density at radius 3 is 2.62 bits per heavy atom. The Bertz CT molecular complexity index is 867. The number of aliphatic hydroxyl groups is 3. The van der Waals surface area contributed by atoms with Crippen LogP contribution in [0.1, 0.15) is 39.8 Å². The molecule has 2 heterocycles. The van der Waals surface area contributed by atoms with Gasteiger partial charge in [0, 0.05) is 6.42 Å². The van der Waals surface area contributed by atoms with Gasteiger partial charge in [-0.15, -0.1) is 0 Å². The van der Waals surface area contributed by atoms with E-state index in [1.165, 1.54) is 24.1 Å². The monoisotopic (exact) mass is 452 g/mol. The molecule has 0 radical (unpaired) electrons. The molecule has 29 heavy (non-hydrogen) atoms. The predicted octanol–water partition coefficient (Wildman–Crippen LogP) is 1.45. The zero-order valence-electron chi connectivity index (χ0n) is 16.3. The first kappa shape index (κ1) is 24.1. The fraction of sp³-hybridized carbons (Fsp3) is 0.688. The van der Waals surface area contributed by atoms with Gasteiger partial charge in [-0.1, -0.05) is 18.5 Å². The van der Waals surface area contributed by atoms with Gasteiger partial charge >= 0.3 is 7.60 Å². The van der Waals surface area contributed by atoms with Crippen LogP contribution in [0.15, 0.2) is 12.7 Å². The topological polar surface area (TPSA) is 160 Å². The summed E-state index contributed by atoms with van der Waals surface area (Å²) in [5.74, 6) is -1.53. The van der Waals surface area contributed by atoms with Gasteiger partial charge in [0.25, 0.3) is 0 Å². The zero-order chi connectivity index (χ0) is 21.8. The summed E-state index contributed by atoms with van der Waals surface area (Å²) in [6.07, 6.45) is 0.808. The summed E-state index contributed by atoms with van der Waals surface area (Å²) in [6.45, 7) is 3.99. The zero-order valence-corrected chi connectivity index (χ0v) is 18.0. The van der Waals surface area contributed by atoms with E-state index in [-0.39, 0.29) is 18.2 Å². The molecule has 13 heteroatoms. The first-order chi connectivity index (χ1) is 13.5. The second kappa shape index (κ2) is 9.76. The third-order valence-corrected chi connectivity index (χ3v) is 6.52. The molecule has 3 unspecified atom stereocenters. The molecule has 0 fully saturated rings. The second-order valence-corrected chi connectivity index (χ2v) is 9.26. The van der Waals surface area contributed by atoms with Gasteiger partial charge < -0.3 is 29.5 Å². The second-order valence-electron chi connectivity index (χ2n) is 6.84. The van der Waals surface area contributed by atoms with Crippen molar-refractivity contribution in [1.82, 2.24) is 19.5 Å². The van der Waals surface area contributed by atoms with E-state index in [4.69, 9.17) is 20.9 Å². The van der Waals surface area contributed by atoms with Crippen LogP contribution in [-0.2, 0) is 13.8 Å². The number of imidazole rings is 1. The number of halogens is 1. The van der Waals surface area contributed by atoms with Crippen molar-refractivity contribution in [2.45, 2.75) is 57.4 Å². The minimum atomic E-state index is -4.21. The quantitative estimate of drug-likeness (QED) is 0.290. The van der Waals surface area contributed by atoms with Crippen LogP contribution in [0.4, 0.5) is 0 Å². The fourth-order valence-corrected chi connectivity index (χ4v) is 3.73. The minimum Gasteiger partial charge on any atom is -0.394 e. The highest BCUT2D eigenvalue weighted by Gasteiger charge is 2.37. The van der Waals surface area contributed by atoms with Crippen LogP contribution < -0.4 is 0 Å². The van der Waals surface area contributed by atoms with Gasteiger partial charge in [-0.3, -0.25) is 9.13 Å². The van der Waals surface area contributed by atoms with Gasteiger partial charge in [-0.25, -0.2) is 15.0 Å². The molecule has 2 aromatic heterocycles. The van der Waals surface area contributed by atoms with E-state index < -0.39 is 38.0 Å². The lowest BCUT2D eigenvalue weighted by Gasteiger charge is -2.32. The van der Waals surface area contributed by atoms with Gasteiger partial charge in [0.1, 0.15) is 17.9 Å². The highest BCUT2D eigenvalue weighted by molar-refractivity contribution is 7.53. The maximum atomic E-state index is 12.0. The summed E-state index contributed by atoms with van der Waals surface area (Å²) in [5.41, 5.74) is -0.433. The number of aromatic nitrogens is 4. The maximum Gasteiger partial charge on any atom is 0.356 e. The van der Waals surface area contributed by atoms with E-state index >= 15 is 0 Å². The number of hydrogen-bond donors (Lipinski definition) is 4. The van der Waals surface area contributed by atoms with Crippen molar-refractivity contribution < 1.29 is 34.0 Å². The van der Waals surface area contributed by atoms with Gasteiger partial charge in [0.05, 0.1) is 25.1 Å². The van der Waals surface area contributed by atoms with E-state index in [0.29, 0.717) is 17.6 Å². The standard InChI is InChI=1S/C16H26ClN4O7P/c1-4-16(3,28-29(25,26)10(2)23)5-6-27-15(11(24)7-22)21-9-20-12-13(17)18-8-19-14(12)21/h8-11,15,22-24H,4-7H2,1-3H3,(H,25,26)/t10?,11-,15-,16?/m1/s1. The molecule has 0 amide bonds. The molecule has 4 N–H and O–H groups in total. The van der Waals surface area contributed by atoms with Crippen LogP contribution in [0, 0.1) is 0 Å². The van der Waals surface area contributed by atoms with E-state index in [2.05, 4.69) is 15.0 Å². The van der Waals surface area contributed by atoms with E-state index in [9.17, 15) is 24.8 Å². The largest absolute Gasteiger partial charge is 0.394 e. The Morgan fingerprint density at radius 2 is 2.03 bits per heavy atom. The smallest absolute Gasteiger partial charge is 0.356 e. The highest BCUT2D eigenvalue weighted by atomic mass is 35.5. The molecule has 164 valence electrons. The molecule has 0 aliphatic carbocycles. The molecule has 0 saturated carbocycles. The van der Waals surface area contributed by atoms with Gasteiger partial charge in [0.2, 0.25) is 0 Å². The lowest BCUT2D eigenvalue weighted by molar-refractivity contribution is -0.107. The van der Waals surface area contributed by atoms with Crippen molar-refractivity contribution in [3.8, 4) is 0 Å². The molecule has 0 saturated heterocycles. The molecule has 0 aromatic carbocycles. The number of ether oxygens (including phenoxy) is 1. The van der Waals surface area contributed by atoms with Crippen LogP contribution >= 0.6 is 19.2 Å². The van der Waals surface area contributed by atoms with Crippen molar-refractivity contribution in [2.75, 3.05) is 13.2 Å². The van der Waals surface area contributed by atoms with Crippen LogP contribution in [0.25, 0.3) is 11.2 Å². The summed E-state index contributed by atoms with van der Waals surface area (Å²) in [5, 5.41) is 29.2. The lowest BCUT2D eigenvalue weighted by Crippen LogP contribution is -2.33. The van der Waals surface area contributed by atoms with Crippen LogP contribution in [0.5, 0.6) is 0 Å². The van der Waals surface area contributed by atoms with E-state index in [1.807, 2.05) is 0 Å². The summed E-state index contributed by atoms with van der Waals surface area (Å²) < 4.78 is 24.5. The molecule has 0 spiro atoms. The van der Waals surface area contributed by atoms with Gasteiger partial charge in [0.15, 0.2) is 22.9 Å². The van der Waals surface area contributed by atoms with E-state index in [1.54, 1.807) is 13.8 Å². The molecule has 5 atom stereocenters. The molecule has 2 aromatic rings. The summed E-state index contributed by atoms with van der Waals surface area (Å²) in [4.78, 5) is 21.9. The minimum absolute atomic E-state index is 0.00433. The Kier molecular flexibility index (Phi) is 8.11. The highest BCUT2D eigenvalue weighted by Crippen LogP contribution is 2.51. The maximum absolute atomic E-state index is 12.0. The average Bonchev–Trinajstić information content (AvgIpc) is 3.09. The van der Waals surface area contributed by atoms with E-state index in [0.717, 1.165) is 0 Å². The fourth-order valence-electron chi connectivity index (χ4n) is 2.55. The molecule has 0 aliphatic rings. The lowest BCUT2D eigenvalue weighted by atomic mass is 10.0. The Hall–Kier alpha value is -1.17. The number of aliphatic hydroxyl groups excluding tert-OH is 3. The molecular weight excluding hydrogens is 427 g/mol. The molecule has 0 bridgehead atoms. The summed E-state index contributed by atoms with van der Waals surface area (Å²) >= 11 is 5.99. The first-order valence-corrected chi connectivity index (χ1v) is 11.0. The number of hydrogen-bond acceptors (Lipinski definition) is 9. The average molecular weight is 453 g/mol. The van der Waals surface area contributed by atoms with Crippen molar-refractivity contribution in [3.05, 3.63) is 17.8 Å². The molecular formula is C16H26ClN4O7P. The number of rotatable bonds is 11.